The van der Waals surface area contributed by atoms with Gasteiger partial charge >= 0.3 is 6.16 Å². The van der Waals surface area contributed by atoms with Crippen molar-refractivity contribution in [2.45, 2.75) is 13.8 Å². The van der Waals surface area contributed by atoms with E-state index in [1.807, 2.05) is 26.0 Å². The van der Waals surface area contributed by atoms with E-state index in [0.29, 0.717) is 5.75 Å². The van der Waals surface area contributed by atoms with Crippen LogP contribution in [0.5, 0.6) is 5.75 Å². The molecule has 0 aliphatic carbocycles. The van der Waals surface area contributed by atoms with Gasteiger partial charge in [-0.1, -0.05) is 23.8 Å². The molecule has 1 aromatic rings. The van der Waals surface area contributed by atoms with E-state index in [1.165, 1.54) is 0 Å². The third-order valence-electron chi connectivity index (χ3n) is 1.64. The Morgan fingerprint density at radius 2 is 1.93 bits per heavy atom. The average molecular weight is 206 g/mol. The van der Waals surface area contributed by atoms with Gasteiger partial charge in [0.15, 0.2) is 0 Å². The van der Waals surface area contributed by atoms with Crippen LogP contribution in [-0.4, -0.2) is 12.8 Å². The predicted octanol–water partition coefficient (Wildman–Crippen LogP) is 3.17. The van der Waals surface area contributed by atoms with Gasteiger partial charge in [0.05, 0.1) is 0 Å². The highest BCUT2D eigenvalue weighted by Crippen LogP contribution is 2.08. The summed E-state index contributed by atoms with van der Waals surface area (Å²) in [5, 5.41) is 0. The summed E-state index contributed by atoms with van der Waals surface area (Å²) in [5.41, 5.74) is 1.10. The van der Waals surface area contributed by atoms with Gasteiger partial charge in [-0.25, -0.2) is 4.79 Å². The van der Waals surface area contributed by atoms with Crippen LogP contribution in [0.25, 0.3) is 0 Å². The van der Waals surface area contributed by atoms with Gasteiger partial charge < -0.3 is 9.47 Å². The van der Waals surface area contributed by atoms with Crippen LogP contribution in [0.1, 0.15) is 13.8 Å². The molecule has 80 valence electrons. The lowest BCUT2D eigenvalue weighted by molar-refractivity contribution is 0.109. The van der Waals surface area contributed by atoms with Gasteiger partial charge in [0.1, 0.15) is 12.4 Å². The van der Waals surface area contributed by atoms with Crippen LogP contribution in [0.4, 0.5) is 4.79 Å². The maximum absolute atomic E-state index is 11.1. The summed E-state index contributed by atoms with van der Waals surface area (Å²) in [6.45, 7) is 4.12. The lowest BCUT2D eigenvalue weighted by Gasteiger charge is -2.03. The highest BCUT2D eigenvalue weighted by atomic mass is 16.7. The highest BCUT2D eigenvalue weighted by Gasteiger charge is 2.03. The van der Waals surface area contributed by atoms with E-state index < -0.39 is 6.16 Å². The molecule has 0 radical (unpaired) electrons. The SMILES string of the molecule is CC(C)=CCOC(=O)Oc1ccccc1. The molecule has 0 heterocycles. The Balaban J connectivity index is 2.34. The Kier molecular flexibility index (Phi) is 4.41. The molecule has 0 aromatic heterocycles. The van der Waals surface area contributed by atoms with Gasteiger partial charge in [-0.3, -0.25) is 0 Å². The lowest BCUT2D eigenvalue weighted by atomic mass is 10.3. The molecular weight excluding hydrogens is 192 g/mol. The Bertz CT molecular complexity index is 337. The predicted molar refractivity (Wildman–Crippen MR) is 57.8 cm³/mol. The molecule has 0 fully saturated rings. The molecule has 0 aliphatic rings. The van der Waals surface area contributed by atoms with Crippen LogP contribution in [0, 0.1) is 0 Å². The van der Waals surface area contributed by atoms with Crippen LogP contribution in [0.3, 0.4) is 0 Å². The van der Waals surface area contributed by atoms with Gasteiger partial charge in [0.25, 0.3) is 0 Å². The second-order valence-corrected chi connectivity index (χ2v) is 3.26. The van der Waals surface area contributed by atoms with Gasteiger partial charge in [-0.15, -0.1) is 0 Å². The minimum Gasteiger partial charge on any atom is -0.430 e. The summed E-state index contributed by atoms with van der Waals surface area (Å²) in [6, 6.07) is 8.82. The first-order valence-electron chi connectivity index (χ1n) is 4.71. The Morgan fingerprint density at radius 3 is 2.53 bits per heavy atom. The zero-order valence-corrected chi connectivity index (χ0v) is 8.90. The van der Waals surface area contributed by atoms with E-state index >= 15 is 0 Å². The molecule has 3 nitrogen and oxygen atoms in total. The van der Waals surface area contributed by atoms with Crippen LogP contribution in [0.2, 0.25) is 0 Å². The molecular formula is C12H14O3. The third kappa shape index (κ3) is 4.86. The number of carbonyl (C=O) groups excluding carboxylic acids is 1. The number of hydrogen-bond acceptors (Lipinski definition) is 3. The third-order valence-corrected chi connectivity index (χ3v) is 1.64. The maximum atomic E-state index is 11.1. The average Bonchev–Trinajstić information content (AvgIpc) is 2.18. The smallest absolute Gasteiger partial charge is 0.430 e. The van der Waals surface area contributed by atoms with Crippen molar-refractivity contribution in [3.63, 3.8) is 0 Å². The first-order valence-corrected chi connectivity index (χ1v) is 4.71. The Hall–Kier alpha value is -1.77. The number of rotatable bonds is 3. The van der Waals surface area contributed by atoms with E-state index in [9.17, 15) is 4.79 Å². The van der Waals surface area contributed by atoms with Gasteiger partial charge in [-0.05, 0) is 32.1 Å². The van der Waals surface area contributed by atoms with Crippen LogP contribution in [0.15, 0.2) is 42.0 Å². The van der Waals surface area contributed by atoms with Gasteiger partial charge in [0, 0.05) is 0 Å². The number of hydrogen-bond donors (Lipinski definition) is 0. The van der Waals surface area contributed by atoms with Crippen molar-refractivity contribution in [3.8, 4) is 5.75 Å². The minimum atomic E-state index is -0.682. The fourth-order valence-corrected chi connectivity index (χ4v) is 0.891. The van der Waals surface area contributed by atoms with Crippen molar-refractivity contribution in [1.82, 2.24) is 0 Å². The lowest BCUT2D eigenvalue weighted by Crippen LogP contribution is -2.10. The molecule has 0 spiro atoms. The first kappa shape index (κ1) is 11.3. The number of carbonyl (C=O) groups is 1. The Morgan fingerprint density at radius 1 is 1.27 bits per heavy atom. The molecule has 1 rings (SSSR count). The molecule has 0 aliphatic heterocycles. The monoisotopic (exact) mass is 206 g/mol. The van der Waals surface area contributed by atoms with E-state index in [4.69, 9.17) is 9.47 Å². The molecule has 0 atom stereocenters. The quantitative estimate of drug-likeness (QED) is 0.433. The van der Waals surface area contributed by atoms with Crippen molar-refractivity contribution < 1.29 is 14.3 Å². The van der Waals surface area contributed by atoms with Crippen molar-refractivity contribution in [2.75, 3.05) is 6.61 Å². The zero-order chi connectivity index (χ0) is 11.1. The summed E-state index contributed by atoms with van der Waals surface area (Å²) >= 11 is 0. The second kappa shape index (κ2) is 5.86. The summed E-state index contributed by atoms with van der Waals surface area (Å²) in [4.78, 5) is 11.1. The maximum Gasteiger partial charge on any atom is 0.514 e. The Labute approximate surface area is 89.3 Å². The number of benzene rings is 1. The van der Waals surface area contributed by atoms with Crippen LogP contribution in [-0.2, 0) is 4.74 Å². The van der Waals surface area contributed by atoms with Crippen molar-refractivity contribution >= 4 is 6.16 Å². The molecule has 0 amide bonds. The van der Waals surface area contributed by atoms with Crippen molar-refractivity contribution in [1.29, 1.82) is 0 Å². The largest absolute Gasteiger partial charge is 0.514 e. The van der Waals surface area contributed by atoms with E-state index in [1.54, 1.807) is 24.3 Å². The second-order valence-electron chi connectivity index (χ2n) is 3.26. The summed E-state index contributed by atoms with van der Waals surface area (Å²) in [7, 11) is 0. The summed E-state index contributed by atoms with van der Waals surface area (Å²) < 4.78 is 9.72. The molecule has 0 bridgehead atoms. The number of allylic oxidation sites excluding steroid dienone is 1. The normalized spacial score (nSPS) is 9.20. The number of para-hydroxylation sites is 1. The summed E-state index contributed by atoms with van der Waals surface area (Å²) in [5.74, 6) is 0.486. The molecule has 15 heavy (non-hydrogen) atoms. The van der Waals surface area contributed by atoms with E-state index in [-0.39, 0.29) is 6.61 Å². The fraction of sp³-hybridized carbons (Fsp3) is 0.250. The van der Waals surface area contributed by atoms with E-state index in [2.05, 4.69) is 0 Å². The van der Waals surface area contributed by atoms with Gasteiger partial charge in [0.2, 0.25) is 0 Å². The molecule has 0 saturated carbocycles. The molecule has 1 aromatic carbocycles. The minimum absolute atomic E-state index is 0.244. The standard InChI is InChI=1S/C12H14O3/c1-10(2)8-9-14-12(13)15-11-6-4-3-5-7-11/h3-8H,9H2,1-2H3. The van der Waals surface area contributed by atoms with Crippen LogP contribution < -0.4 is 4.74 Å². The number of ether oxygens (including phenoxy) is 2. The fourth-order valence-electron chi connectivity index (χ4n) is 0.891. The van der Waals surface area contributed by atoms with Crippen molar-refractivity contribution in [3.05, 3.63) is 42.0 Å². The molecule has 3 heteroatoms. The summed E-state index contributed by atoms with van der Waals surface area (Å²) in [6.07, 6.45) is 1.13. The van der Waals surface area contributed by atoms with E-state index in [0.717, 1.165) is 5.57 Å². The first-order chi connectivity index (χ1) is 7.18. The zero-order valence-electron chi connectivity index (χ0n) is 8.90. The van der Waals surface area contributed by atoms with Crippen molar-refractivity contribution in [2.24, 2.45) is 0 Å². The van der Waals surface area contributed by atoms with Gasteiger partial charge in [-0.2, -0.15) is 0 Å². The molecule has 0 saturated heterocycles. The molecule has 0 N–H and O–H groups in total. The highest BCUT2D eigenvalue weighted by molar-refractivity contribution is 5.63. The molecule has 0 unspecified atom stereocenters. The topological polar surface area (TPSA) is 35.5 Å². The van der Waals surface area contributed by atoms with Crippen LogP contribution >= 0.6 is 0 Å².